The van der Waals surface area contributed by atoms with Gasteiger partial charge < -0.3 is 4.90 Å². The topological polar surface area (TPSA) is 3.24 Å². The molecule has 3 heteroatoms. The second-order valence-electron chi connectivity index (χ2n) is 4.63. The van der Waals surface area contributed by atoms with E-state index < -0.39 is 0 Å². The van der Waals surface area contributed by atoms with Crippen LogP contribution in [-0.4, -0.2) is 22.3 Å². The van der Waals surface area contributed by atoms with E-state index in [1.807, 2.05) is 0 Å². The van der Waals surface area contributed by atoms with Gasteiger partial charge in [-0.25, -0.2) is 0 Å². The van der Waals surface area contributed by atoms with Crippen molar-refractivity contribution in [2.24, 2.45) is 11.8 Å². The maximum absolute atomic E-state index is 5.11. The summed E-state index contributed by atoms with van der Waals surface area (Å²) in [5, 5.41) is 0. The van der Waals surface area contributed by atoms with E-state index in [4.69, 9.17) is 12.2 Å². The predicted molar refractivity (Wildman–Crippen MR) is 72.1 cm³/mol. The molecular weight excluding hydrogens is 210 g/mol. The van der Waals surface area contributed by atoms with Gasteiger partial charge in [0.05, 0.1) is 0 Å². The van der Waals surface area contributed by atoms with Gasteiger partial charge in [-0.1, -0.05) is 39.9 Å². The number of rotatable bonds is 6. The highest BCUT2D eigenvalue weighted by Crippen LogP contribution is 2.08. The SMILES string of the molecule is CC(C)CCN(CCC(C)C)C(=S)S. The number of hydrogen-bond donors (Lipinski definition) is 1. The highest BCUT2D eigenvalue weighted by molar-refractivity contribution is 8.10. The highest BCUT2D eigenvalue weighted by Gasteiger charge is 2.07. The zero-order valence-corrected chi connectivity index (χ0v) is 11.5. The normalized spacial score (nSPS) is 11.1. The minimum atomic E-state index is 0.735. The monoisotopic (exact) mass is 233 g/mol. The first-order chi connectivity index (χ1) is 6.43. The molecule has 0 spiro atoms. The fourth-order valence-corrected chi connectivity index (χ4v) is 1.51. The molecule has 0 aliphatic heterocycles. The maximum Gasteiger partial charge on any atom is 0.133 e. The van der Waals surface area contributed by atoms with E-state index in [0.717, 1.165) is 29.2 Å². The molecule has 0 aliphatic rings. The second kappa shape index (κ2) is 7.52. The fourth-order valence-electron chi connectivity index (χ4n) is 1.13. The van der Waals surface area contributed by atoms with Crippen molar-refractivity contribution in [2.75, 3.05) is 13.1 Å². The molecule has 0 saturated carbocycles. The summed E-state index contributed by atoms with van der Waals surface area (Å²) in [6, 6.07) is 0. The van der Waals surface area contributed by atoms with Gasteiger partial charge in [0.25, 0.3) is 0 Å². The molecular formula is C11H23NS2. The van der Waals surface area contributed by atoms with Crippen molar-refractivity contribution in [3.05, 3.63) is 0 Å². The molecule has 0 heterocycles. The van der Waals surface area contributed by atoms with Crippen LogP contribution in [0.2, 0.25) is 0 Å². The number of thiocarbonyl (C=S) groups is 1. The fraction of sp³-hybridized carbons (Fsp3) is 0.909. The van der Waals surface area contributed by atoms with Crippen LogP contribution in [0.5, 0.6) is 0 Å². The minimum Gasteiger partial charge on any atom is -0.358 e. The molecule has 0 atom stereocenters. The third-order valence-corrected chi connectivity index (χ3v) is 2.76. The molecule has 0 rings (SSSR count). The minimum absolute atomic E-state index is 0.735. The van der Waals surface area contributed by atoms with Crippen LogP contribution in [0.3, 0.4) is 0 Å². The summed E-state index contributed by atoms with van der Waals surface area (Å²) in [7, 11) is 0. The standard InChI is InChI=1S/C11H23NS2/c1-9(2)5-7-12(11(13)14)8-6-10(3)4/h9-10H,5-8H2,1-4H3,(H,13,14). The van der Waals surface area contributed by atoms with Crippen LogP contribution in [0.4, 0.5) is 0 Å². The molecule has 84 valence electrons. The molecule has 0 bridgehead atoms. The Hall–Kier alpha value is 0.240. The molecule has 0 N–H and O–H groups in total. The van der Waals surface area contributed by atoms with Crippen molar-refractivity contribution in [1.82, 2.24) is 4.90 Å². The molecule has 0 aromatic rings. The average Bonchev–Trinajstić information content (AvgIpc) is 2.02. The molecule has 0 aromatic heterocycles. The summed E-state index contributed by atoms with van der Waals surface area (Å²) in [5.41, 5.74) is 0. The maximum atomic E-state index is 5.11. The third kappa shape index (κ3) is 7.63. The van der Waals surface area contributed by atoms with E-state index in [0.29, 0.717) is 0 Å². The van der Waals surface area contributed by atoms with Crippen LogP contribution in [0.1, 0.15) is 40.5 Å². The molecule has 0 saturated heterocycles. The average molecular weight is 233 g/mol. The summed E-state index contributed by atoms with van der Waals surface area (Å²) in [6.07, 6.45) is 2.39. The first kappa shape index (κ1) is 14.2. The lowest BCUT2D eigenvalue weighted by Crippen LogP contribution is -2.29. The summed E-state index contributed by atoms with van der Waals surface area (Å²) in [6.45, 7) is 11.0. The molecule has 0 fully saturated rings. The van der Waals surface area contributed by atoms with Crippen molar-refractivity contribution in [3.8, 4) is 0 Å². The van der Waals surface area contributed by atoms with Crippen LogP contribution in [0.25, 0.3) is 0 Å². The zero-order chi connectivity index (χ0) is 11.1. The first-order valence-corrected chi connectivity index (χ1v) is 6.27. The van der Waals surface area contributed by atoms with Crippen molar-refractivity contribution < 1.29 is 0 Å². The largest absolute Gasteiger partial charge is 0.358 e. The summed E-state index contributed by atoms with van der Waals surface area (Å²) in [5.74, 6) is 1.47. The quantitative estimate of drug-likeness (QED) is 0.551. The first-order valence-electron chi connectivity index (χ1n) is 5.41. The van der Waals surface area contributed by atoms with Gasteiger partial charge in [-0.15, -0.1) is 12.6 Å². The highest BCUT2D eigenvalue weighted by atomic mass is 32.1. The third-order valence-electron chi connectivity index (χ3n) is 2.22. The van der Waals surface area contributed by atoms with Crippen LogP contribution >= 0.6 is 24.8 Å². The van der Waals surface area contributed by atoms with Crippen LogP contribution < -0.4 is 0 Å². The van der Waals surface area contributed by atoms with Crippen LogP contribution in [0, 0.1) is 11.8 Å². The Morgan fingerprint density at radius 2 is 1.43 bits per heavy atom. The molecule has 0 aliphatic carbocycles. The van der Waals surface area contributed by atoms with E-state index in [2.05, 4.69) is 45.2 Å². The molecule has 0 radical (unpaired) electrons. The van der Waals surface area contributed by atoms with Gasteiger partial charge in [-0.05, 0) is 24.7 Å². The van der Waals surface area contributed by atoms with Crippen molar-refractivity contribution in [1.29, 1.82) is 0 Å². The van der Waals surface area contributed by atoms with E-state index in [1.54, 1.807) is 0 Å². The predicted octanol–water partition coefficient (Wildman–Crippen LogP) is 3.60. The van der Waals surface area contributed by atoms with Gasteiger partial charge in [-0.3, -0.25) is 0 Å². The summed E-state index contributed by atoms with van der Waals surface area (Å²) in [4.78, 5) is 2.21. The van der Waals surface area contributed by atoms with Crippen molar-refractivity contribution in [2.45, 2.75) is 40.5 Å². The smallest absolute Gasteiger partial charge is 0.133 e. The second-order valence-corrected chi connectivity index (χ2v) is 5.75. The van der Waals surface area contributed by atoms with Crippen molar-refractivity contribution in [3.63, 3.8) is 0 Å². The zero-order valence-electron chi connectivity index (χ0n) is 9.79. The molecule has 14 heavy (non-hydrogen) atoms. The Labute approximate surface area is 99.7 Å². The van der Waals surface area contributed by atoms with E-state index >= 15 is 0 Å². The van der Waals surface area contributed by atoms with Gasteiger partial charge in [0.15, 0.2) is 0 Å². The van der Waals surface area contributed by atoms with E-state index in [9.17, 15) is 0 Å². The molecule has 0 amide bonds. The Balaban J connectivity index is 3.84. The van der Waals surface area contributed by atoms with Gasteiger partial charge in [0.2, 0.25) is 0 Å². The Morgan fingerprint density at radius 3 is 1.64 bits per heavy atom. The number of thiol groups is 1. The molecule has 0 aromatic carbocycles. The van der Waals surface area contributed by atoms with Gasteiger partial charge in [-0.2, -0.15) is 0 Å². The van der Waals surface area contributed by atoms with E-state index in [1.165, 1.54) is 12.8 Å². The molecule has 1 nitrogen and oxygen atoms in total. The van der Waals surface area contributed by atoms with Crippen LogP contribution in [0.15, 0.2) is 0 Å². The lowest BCUT2D eigenvalue weighted by atomic mass is 10.1. The summed E-state index contributed by atoms with van der Waals surface area (Å²) >= 11 is 9.37. The number of hydrogen-bond acceptors (Lipinski definition) is 1. The Morgan fingerprint density at radius 1 is 1.07 bits per heavy atom. The lowest BCUT2D eigenvalue weighted by molar-refractivity contribution is 0.363. The van der Waals surface area contributed by atoms with Crippen molar-refractivity contribution >= 4 is 29.2 Å². The van der Waals surface area contributed by atoms with Crippen LogP contribution in [-0.2, 0) is 0 Å². The number of nitrogens with zero attached hydrogens (tertiary/aromatic N) is 1. The van der Waals surface area contributed by atoms with Gasteiger partial charge in [0, 0.05) is 13.1 Å². The molecule has 0 unspecified atom stereocenters. The Kier molecular flexibility index (Phi) is 7.65. The van der Waals surface area contributed by atoms with Gasteiger partial charge >= 0.3 is 0 Å². The van der Waals surface area contributed by atoms with E-state index in [-0.39, 0.29) is 0 Å². The Bertz CT molecular complexity index is 155. The van der Waals surface area contributed by atoms with Gasteiger partial charge in [0.1, 0.15) is 4.32 Å². The lowest BCUT2D eigenvalue weighted by Gasteiger charge is -2.24. The summed E-state index contributed by atoms with van der Waals surface area (Å²) < 4.78 is 0.742.